The first kappa shape index (κ1) is 9.40. The Bertz CT molecular complexity index is 115. The lowest BCUT2D eigenvalue weighted by Crippen LogP contribution is -2.19. The van der Waals surface area contributed by atoms with Crippen molar-refractivity contribution in [3.63, 3.8) is 0 Å². The second-order valence-electron chi connectivity index (χ2n) is 2.70. The standard InChI is InChI=1S/C7H13FO2/c1-4-10-6(9)5-7(2,3)8/h4-5H2,1-3H3. The molecule has 0 spiro atoms. The molecule has 0 heterocycles. The number of esters is 1. The molecule has 0 aliphatic rings. The lowest BCUT2D eigenvalue weighted by atomic mass is 10.1. The molecule has 0 N–H and O–H groups in total. The third-order valence-electron chi connectivity index (χ3n) is 0.870. The summed E-state index contributed by atoms with van der Waals surface area (Å²) in [5, 5.41) is 0. The van der Waals surface area contributed by atoms with Crippen LogP contribution in [-0.2, 0) is 9.53 Å². The molecule has 0 unspecified atom stereocenters. The van der Waals surface area contributed by atoms with Crippen molar-refractivity contribution in [1.82, 2.24) is 0 Å². The van der Waals surface area contributed by atoms with Crippen molar-refractivity contribution in [1.29, 1.82) is 0 Å². The Morgan fingerprint density at radius 2 is 2.10 bits per heavy atom. The van der Waals surface area contributed by atoms with Crippen LogP contribution >= 0.6 is 0 Å². The fourth-order valence-corrected chi connectivity index (χ4v) is 0.555. The molecule has 10 heavy (non-hydrogen) atoms. The van der Waals surface area contributed by atoms with E-state index in [1.54, 1.807) is 6.92 Å². The number of carbonyl (C=O) groups excluding carboxylic acids is 1. The van der Waals surface area contributed by atoms with Gasteiger partial charge in [0.05, 0.1) is 13.0 Å². The summed E-state index contributed by atoms with van der Waals surface area (Å²) in [6.07, 6.45) is -0.166. The van der Waals surface area contributed by atoms with Gasteiger partial charge in [0.15, 0.2) is 0 Å². The Balaban J connectivity index is 3.58. The van der Waals surface area contributed by atoms with Crippen molar-refractivity contribution >= 4 is 5.97 Å². The van der Waals surface area contributed by atoms with Gasteiger partial charge in [0.25, 0.3) is 0 Å². The Morgan fingerprint density at radius 1 is 1.60 bits per heavy atom. The highest BCUT2D eigenvalue weighted by Gasteiger charge is 2.20. The van der Waals surface area contributed by atoms with Crippen LogP contribution in [0.2, 0.25) is 0 Å². The van der Waals surface area contributed by atoms with Gasteiger partial charge in [-0.05, 0) is 20.8 Å². The lowest BCUT2D eigenvalue weighted by Gasteiger charge is -2.11. The fourth-order valence-electron chi connectivity index (χ4n) is 0.555. The van der Waals surface area contributed by atoms with E-state index in [1.165, 1.54) is 13.8 Å². The maximum absolute atomic E-state index is 12.7. The molecule has 0 rings (SSSR count). The number of alkyl halides is 1. The molecule has 0 saturated heterocycles. The summed E-state index contributed by atoms with van der Waals surface area (Å²) in [5.74, 6) is -0.477. The van der Waals surface area contributed by atoms with E-state index < -0.39 is 11.6 Å². The first-order chi connectivity index (χ1) is 4.45. The Labute approximate surface area is 60.4 Å². The van der Waals surface area contributed by atoms with Gasteiger partial charge in [-0.1, -0.05) is 0 Å². The van der Waals surface area contributed by atoms with Crippen molar-refractivity contribution in [2.45, 2.75) is 32.9 Å². The second kappa shape index (κ2) is 3.54. The predicted molar refractivity (Wildman–Crippen MR) is 36.4 cm³/mol. The van der Waals surface area contributed by atoms with Gasteiger partial charge in [0.1, 0.15) is 5.67 Å². The van der Waals surface area contributed by atoms with Gasteiger partial charge in [0, 0.05) is 0 Å². The van der Waals surface area contributed by atoms with Crippen LogP contribution < -0.4 is 0 Å². The zero-order chi connectivity index (χ0) is 8.20. The lowest BCUT2D eigenvalue weighted by molar-refractivity contribution is -0.145. The second-order valence-corrected chi connectivity index (χ2v) is 2.70. The fraction of sp³-hybridized carbons (Fsp3) is 0.857. The minimum absolute atomic E-state index is 0.166. The van der Waals surface area contributed by atoms with E-state index in [2.05, 4.69) is 4.74 Å². The van der Waals surface area contributed by atoms with Crippen molar-refractivity contribution < 1.29 is 13.9 Å². The minimum atomic E-state index is -1.45. The molecular weight excluding hydrogens is 135 g/mol. The van der Waals surface area contributed by atoms with Gasteiger partial charge in [0.2, 0.25) is 0 Å². The summed E-state index contributed by atoms with van der Waals surface area (Å²) in [4.78, 5) is 10.6. The summed E-state index contributed by atoms with van der Waals surface area (Å²) in [6, 6.07) is 0. The van der Waals surface area contributed by atoms with E-state index in [0.29, 0.717) is 6.61 Å². The minimum Gasteiger partial charge on any atom is -0.466 e. The number of halogens is 1. The van der Waals surface area contributed by atoms with Crippen molar-refractivity contribution in [2.24, 2.45) is 0 Å². The van der Waals surface area contributed by atoms with Crippen LogP contribution in [-0.4, -0.2) is 18.2 Å². The molecule has 3 heteroatoms. The average Bonchev–Trinajstić information content (AvgIpc) is 1.59. The van der Waals surface area contributed by atoms with E-state index in [0.717, 1.165) is 0 Å². The van der Waals surface area contributed by atoms with Gasteiger partial charge >= 0.3 is 5.97 Å². The van der Waals surface area contributed by atoms with Gasteiger partial charge in [-0.3, -0.25) is 4.79 Å². The SMILES string of the molecule is CCOC(=O)CC(C)(C)F. The molecule has 0 radical (unpaired) electrons. The molecule has 0 aromatic rings. The third-order valence-corrected chi connectivity index (χ3v) is 0.870. The third kappa shape index (κ3) is 5.54. The maximum Gasteiger partial charge on any atom is 0.308 e. The van der Waals surface area contributed by atoms with Crippen LogP contribution in [0.3, 0.4) is 0 Å². The van der Waals surface area contributed by atoms with E-state index in [1.807, 2.05) is 0 Å². The quantitative estimate of drug-likeness (QED) is 0.569. The van der Waals surface area contributed by atoms with Crippen molar-refractivity contribution in [3.05, 3.63) is 0 Å². The van der Waals surface area contributed by atoms with Crippen LogP contribution in [0.4, 0.5) is 4.39 Å². The number of hydrogen-bond donors (Lipinski definition) is 0. The van der Waals surface area contributed by atoms with Crippen molar-refractivity contribution in [3.8, 4) is 0 Å². The molecule has 0 aliphatic carbocycles. The van der Waals surface area contributed by atoms with E-state index >= 15 is 0 Å². The zero-order valence-electron chi connectivity index (χ0n) is 6.61. The molecule has 0 atom stereocenters. The normalized spacial score (nSPS) is 11.2. The highest BCUT2D eigenvalue weighted by molar-refractivity contribution is 5.70. The average molecular weight is 148 g/mol. The van der Waals surface area contributed by atoms with E-state index in [-0.39, 0.29) is 6.42 Å². The van der Waals surface area contributed by atoms with Crippen LogP contribution in [0.5, 0.6) is 0 Å². The predicted octanol–water partition coefficient (Wildman–Crippen LogP) is 1.69. The van der Waals surface area contributed by atoms with Gasteiger partial charge in [-0.2, -0.15) is 0 Å². The number of carbonyl (C=O) groups is 1. The molecule has 0 aromatic heterocycles. The van der Waals surface area contributed by atoms with Crippen molar-refractivity contribution in [2.75, 3.05) is 6.61 Å². The molecule has 2 nitrogen and oxygen atoms in total. The summed E-state index contributed by atoms with van der Waals surface area (Å²) in [5.41, 5.74) is -1.45. The molecule has 0 fully saturated rings. The highest BCUT2D eigenvalue weighted by atomic mass is 19.1. The Kier molecular flexibility index (Phi) is 3.33. The summed E-state index contributed by atoms with van der Waals surface area (Å²) in [6.45, 7) is 4.71. The highest BCUT2D eigenvalue weighted by Crippen LogP contribution is 2.13. The number of rotatable bonds is 3. The van der Waals surface area contributed by atoms with E-state index in [9.17, 15) is 9.18 Å². The monoisotopic (exact) mass is 148 g/mol. The smallest absolute Gasteiger partial charge is 0.308 e. The van der Waals surface area contributed by atoms with E-state index in [4.69, 9.17) is 0 Å². The molecule has 0 saturated carbocycles. The number of hydrogen-bond acceptors (Lipinski definition) is 2. The van der Waals surface area contributed by atoms with Crippen LogP contribution in [0, 0.1) is 0 Å². The molecule has 0 amide bonds. The van der Waals surface area contributed by atoms with Crippen LogP contribution in [0.1, 0.15) is 27.2 Å². The van der Waals surface area contributed by atoms with Crippen LogP contribution in [0.25, 0.3) is 0 Å². The largest absolute Gasteiger partial charge is 0.466 e. The zero-order valence-corrected chi connectivity index (χ0v) is 6.61. The first-order valence-corrected chi connectivity index (χ1v) is 3.30. The summed E-state index contributed by atoms with van der Waals surface area (Å²) < 4.78 is 17.2. The van der Waals surface area contributed by atoms with Gasteiger partial charge in [-0.15, -0.1) is 0 Å². The molecule has 60 valence electrons. The Morgan fingerprint density at radius 3 is 2.40 bits per heavy atom. The molecule has 0 aromatic carbocycles. The summed E-state index contributed by atoms with van der Waals surface area (Å²) >= 11 is 0. The van der Waals surface area contributed by atoms with Gasteiger partial charge < -0.3 is 4.74 Å². The molecule has 0 aliphatic heterocycles. The Hall–Kier alpha value is -0.600. The summed E-state index contributed by atoms with van der Waals surface area (Å²) in [7, 11) is 0. The topological polar surface area (TPSA) is 26.3 Å². The number of ether oxygens (including phenoxy) is 1. The van der Waals surface area contributed by atoms with Crippen LogP contribution in [0.15, 0.2) is 0 Å². The molecule has 0 bridgehead atoms. The maximum atomic E-state index is 12.7. The van der Waals surface area contributed by atoms with Gasteiger partial charge in [-0.25, -0.2) is 4.39 Å². The first-order valence-electron chi connectivity index (χ1n) is 3.30. The molecular formula is C7H13FO2.